The van der Waals surface area contributed by atoms with Gasteiger partial charge in [-0.05, 0) is 18.2 Å². The van der Waals surface area contributed by atoms with Crippen LogP contribution in [0.5, 0.6) is 0 Å². The number of rotatable bonds is 1. The highest BCUT2D eigenvalue weighted by atomic mass is 16.4. The number of nitrogen functional groups attached to an aromatic ring is 1. The zero-order valence-electron chi connectivity index (χ0n) is 7.14. The summed E-state index contributed by atoms with van der Waals surface area (Å²) in [5.41, 5.74) is 6.42. The van der Waals surface area contributed by atoms with Crippen molar-refractivity contribution in [2.45, 2.75) is 0 Å². The third-order valence-electron chi connectivity index (χ3n) is 1.84. The number of carboxylic acids is 1. The van der Waals surface area contributed by atoms with E-state index >= 15 is 0 Å². The van der Waals surface area contributed by atoms with Gasteiger partial charge in [-0.1, -0.05) is 0 Å². The molecule has 2 heterocycles. The first-order valence-electron chi connectivity index (χ1n) is 3.93. The van der Waals surface area contributed by atoms with Gasteiger partial charge in [0.05, 0.1) is 11.1 Å². The molecule has 0 aromatic carbocycles. The average molecular weight is 189 g/mol. The molecule has 2 rings (SSSR count). The minimum absolute atomic E-state index is 0.113. The lowest BCUT2D eigenvalue weighted by atomic mass is 10.2. The summed E-state index contributed by atoms with van der Waals surface area (Å²) in [5, 5.41) is 8.87. The van der Waals surface area contributed by atoms with E-state index in [4.69, 9.17) is 10.8 Å². The lowest BCUT2D eigenvalue weighted by molar-refractivity contribution is 0.0699. The molecule has 0 aliphatic carbocycles. The van der Waals surface area contributed by atoms with Crippen molar-refractivity contribution in [1.29, 1.82) is 0 Å². The molecule has 0 aliphatic rings. The second-order valence-corrected chi connectivity index (χ2v) is 2.77. The SMILES string of the molecule is Nc1ccc2nccc(C(=O)O)c2n1. The van der Waals surface area contributed by atoms with Gasteiger partial charge in [0.1, 0.15) is 11.3 Å². The van der Waals surface area contributed by atoms with E-state index in [-0.39, 0.29) is 11.4 Å². The molecule has 0 amide bonds. The monoisotopic (exact) mass is 189 g/mol. The Kier molecular flexibility index (Phi) is 1.78. The van der Waals surface area contributed by atoms with Gasteiger partial charge in [0, 0.05) is 6.20 Å². The van der Waals surface area contributed by atoms with Crippen LogP contribution in [0.1, 0.15) is 10.4 Å². The van der Waals surface area contributed by atoms with Crippen molar-refractivity contribution >= 4 is 22.8 Å². The minimum Gasteiger partial charge on any atom is -0.478 e. The highest BCUT2D eigenvalue weighted by Crippen LogP contribution is 2.15. The third-order valence-corrected chi connectivity index (χ3v) is 1.84. The van der Waals surface area contributed by atoms with Gasteiger partial charge in [0.25, 0.3) is 0 Å². The first kappa shape index (κ1) is 8.43. The standard InChI is InChI=1S/C9H7N3O2/c10-7-2-1-6-8(12-7)5(9(13)14)3-4-11-6/h1-4H,(H2,10,12)(H,13,14). The van der Waals surface area contributed by atoms with E-state index in [1.807, 2.05) is 0 Å². The second kappa shape index (κ2) is 2.95. The molecule has 0 aliphatic heterocycles. The number of carboxylic acid groups (broad SMARTS) is 1. The number of pyridine rings is 2. The fraction of sp³-hybridized carbons (Fsp3) is 0. The summed E-state index contributed by atoms with van der Waals surface area (Å²) in [4.78, 5) is 18.7. The number of anilines is 1. The van der Waals surface area contributed by atoms with Gasteiger partial charge in [-0.25, -0.2) is 9.78 Å². The van der Waals surface area contributed by atoms with Crippen molar-refractivity contribution in [3.8, 4) is 0 Å². The maximum atomic E-state index is 10.8. The number of hydrogen-bond acceptors (Lipinski definition) is 4. The van der Waals surface area contributed by atoms with Crippen LogP contribution < -0.4 is 5.73 Å². The molecule has 2 aromatic rings. The summed E-state index contributed by atoms with van der Waals surface area (Å²) < 4.78 is 0. The van der Waals surface area contributed by atoms with E-state index in [1.54, 1.807) is 12.1 Å². The van der Waals surface area contributed by atoms with E-state index in [0.717, 1.165) is 0 Å². The van der Waals surface area contributed by atoms with Gasteiger partial charge >= 0.3 is 5.97 Å². The maximum Gasteiger partial charge on any atom is 0.338 e. The predicted octanol–water partition coefficient (Wildman–Crippen LogP) is 0.910. The Morgan fingerprint density at radius 3 is 2.86 bits per heavy atom. The van der Waals surface area contributed by atoms with Crippen LogP contribution >= 0.6 is 0 Å². The Hall–Kier alpha value is -2.17. The normalized spacial score (nSPS) is 10.3. The topological polar surface area (TPSA) is 89.1 Å². The molecular weight excluding hydrogens is 182 g/mol. The molecule has 5 nitrogen and oxygen atoms in total. The number of nitrogens with two attached hydrogens (primary N) is 1. The zero-order chi connectivity index (χ0) is 10.1. The summed E-state index contributed by atoms with van der Waals surface area (Å²) in [6, 6.07) is 4.63. The Morgan fingerprint density at radius 2 is 2.14 bits per heavy atom. The molecule has 0 unspecified atom stereocenters. The minimum atomic E-state index is -1.03. The molecule has 0 bridgehead atoms. The number of aromatic nitrogens is 2. The van der Waals surface area contributed by atoms with Crippen molar-refractivity contribution in [1.82, 2.24) is 9.97 Å². The summed E-state index contributed by atoms with van der Waals surface area (Å²) in [5.74, 6) is -0.747. The fourth-order valence-corrected chi connectivity index (χ4v) is 1.21. The fourth-order valence-electron chi connectivity index (χ4n) is 1.21. The van der Waals surface area contributed by atoms with Crippen LogP contribution in [-0.2, 0) is 0 Å². The number of hydrogen-bond donors (Lipinski definition) is 2. The van der Waals surface area contributed by atoms with E-state index < -0.39 is 5.97 Å². The highest BCUT2D eigenvalue weighted by Gasteiger charge is 2.09. The van der Waals surface area contributed by atoms with Crippen molar-refractivity contribution in [3.05, 3.63) is 30.0 Å². The Bertz CT molecular complexity index is 510. The van der Waals surface area contributed by atoms with Crippen LogP contribution in [-0.4, -0.2) is 21.0 Å². The summed E-state index contributed by atoms with van der Waals surface area (Å²) in [7, 11) is 0. The molecule has 3 N–H and O–H groups in total. The highest BCUT2D eigenvalue weighted by molar-refractivity contribution is 6.00. The molecule has 0 fully saturated rings. The van der Waals surface area contributed by atoms with Crippen LogP contribution in [0, 0.1) is 0 Å². The Labute approximate surface area is 79.2 Å². The molecule has 0 radical (unpaired) electrons. The van der Waals surface area contributed by atoms with Crippen LogP contribution in [0.3, 0.4) is 0 Å². The quantitative estimate of drug-likeness (QED) is 0.695. The number of carbonyl (C=O) groups is 1. The predicted molar refractivity (Wildman–Crippen MR) is 50.9 cm³/mol. The van der Waals surface area contributed by atoms with Gasteiger partial charge in [-0.2, -0.15) is 0 Å². The van der Waals surface area contributed by atoms with Crippen molar-refractivity contribution in [2.75, 3.05) is 5.73 Å². The molecule has 14 heavy (non-hydrogen) atoms. The average Bonchev–Trinajstić information content (AvgIpc) is 2.16. The van der Waals surface area contributed by atoms with E-state index in [0.29, 0.717) is 11.0 Å². The summed E-state index contributed by atoms with van der Waals surface area (Å²) >= 11 is 0. The van der Waals surface area contributed by atoms with Gasteiger partial charge in [-0.3, -0.25) is 4.98 Å². The van der Waals surface area contributed by atoms with Crippen molar-refractivity contribution in [3.63, 3.8) is 0 Å². The molecular formula is C9H7N3O2. The lowest BCUT2D eigenvalue weighted by Crippen LogP contribution is -2.01. The van der Waals surface area contributed by atoms with Gasteiger partial charge in [0.2, 0.25) is 0 Å². The zero-order valence-corrected chi connectivity index (χ0v) is 7.14. The molecule has 70 valence electrons. The number of fused-ring (bicyclic) bond motifs is 1. The molecule has 0 spiro atoms. The largest absolute Gasteiger partial charge is 0.478 e. The van der Waals surface area contributed by atoms with Crippen molar-refractivity contribution < 1.29 is 9.90 Å². The van der Waals surface area contributed by atoms with Gasteiger partial charge in [0.15, 0.2) is 0 Å². The number of nitrogens with zero attached hydrogens (tertiary/aromatic N) is 2. The Balaban J connectivity index is 2.84. The molecule has 0 atom stereocenters. The summed E-state index contributed by atoms with van der Waals surface area (Å²) in [6.45, 7) is 0. The maximum absolute atomic E-state index is 10.8. The van der Waals surface area contributed by atoms with E-state index in [9.17, 15) is 4.79 Å². The van der Waals surface area contributed by atoms with Crippen LogP contribution in [0.2, 0.25) is 0 Å². The third kappa shape index (κ3) is 1.24. The molecule has 0 saturated heterocycles. The van der Waals surface area contributed by atoms with Crippen LogP contribution in [0.15, 0.2) is 24.4 Å². The first-order chi connectivity index (χ1) is 6.68. The van der Waals surface area contributed by atoms with E-state index in [2.05, 4.69) is 9.97 Å². The molecule has 0 saturated carbocycles. The summed E-state index contributed by atoms with van der Waals surface area (Å²) in [6.07, 6.45) is 1.43. The van der Waals surface area contributed by atoms with Crippen molar-refractivity contribution in [2.24, 2.45) is 0 Å². The van der Waals surface area contributed by atoms with Gasteiger partial charge in [-0.15, -0.1) is 0 Å². The lowest BCUT2D eigenvalue weighted by Gasteiger charge is -2.00. The first-order valence-corrected chi connectivity index (χ1v) is 3.93. The second-order valence-electron chi connectivity index (χ2n) is 2.77. The van der Waals surface area contributed by atoms with E-state index in [1.165, 1.54) is 12.3 Å². The molecule has 5 heteroatoms. The Morgan fingerprint density at radius 1 is 1.36 bits per heavy atom. The number of aromatic carboxylic acids is 1. The molecule has 2 aromatic heterocycles. The van der Waals surface area contributed by atoms with Crippen LogP contribution in [0.4, 0.5) is 5.82 Å². The smallest absolute Gasteiger partial charge is 0.338 e. The van der Waals surface area contributed by atoms with Crippen LogP contribution in [0.25, 0.3) is 11.0 Å². The van der Waals surface area contributed by atoms with Gasteiger partial charge < -0.3 is 10.8 Å².